The molecule has 1 aromatic heterocycles. The summed E-state index contributed by atoms with van der Waals surface area (Å²) < 4.78 is 29.0. The van der Waals surface area contributed by atoms with Crippen molar-refractivity contribution in [2.45, 2.75) is 24.8 Å². The number of nitrogens with zero attached hydrogens (tertiary/aromatic N) is 1. The van der Waals surface area contributed by atoms with Crippen molar-refractivity contribution >= 4 is 33.0 Å². The van der Waals surface area contributed by atoms with Crippen molar-refractivity contribution in [2.75, 3.05) is 11.4 Å². The Kier molecular flexibility index (Phi) is 7.14. The molecule has 5 nitrogen and oxygen atoms in total. The van der Waals surface area contributed by atoms with Gasteiger partial charge in [0, 0.05) is 24.5 Å². The summed E-state index contributed by atoms with van der Waals surface area (Å²) in [5.41, 5.74) is 3.86. The third kappa shape index (κ3) is 4.90. The highest BCUT2D eigenvalue weighted by molar-refractivity contribution is 7.93. The molecular weight excluding hydrogens is 464 g/mol. The molecule has 0 aliphatic heterocycles. The molecule has 1 heterocycles. The maximum absolute atomic E-state index is 13.9. The number of hydrogen-bond donors (Lipinski definition) is 1. The van der Waals surface area contributed by atoms with E-state index in [1.165, 1.54) is 11.4 Å². The SMILES string of the molecule is CCc1ccc(N(C)S(=O)(=O)c2c(-c3ccccc3)csc2C(=O)NCc2ccccc2)cc1. The third-order valence-corrected chi connectivity index (χ3v) is 8.64. The minimum absolute atomic E-state index is 0.0244. The van der Waals surface area contributed by atoms with Crippen molar-refractivity contribution in [3.63, 3.8) is 0 Å². The summed E-state index contributed by atoms with van der Waals surface area (Å²) in [4.78, 5) is 13.4. The van der Waals surface area contributed by atoms with Gasteiger partial charge in [-0.25, -0.2) is 8.42 Å². The van der Waals surface area contributed by atoms with Gasteiger partial charge in [-0.2, -0.15) is 0 Å². The molecule has 34 heavy (non-hydrogen) atoms. The Morgan fingerprint density at radius 1 is 0.882 bits per heavy atom. The Morgan fingerprint density at radius 2 is 1.50 bits per heavy atom. The van der Waals surface area contributed by atoms with Gasteiger partial charge in [-0.05, 0) is 35.2 Å². The van der Waals surface area contributed by atoms with Crippen LogP contribution in [0.1, 0.15) is 27.7 Å². The van der Waals surface area contributed by atoms with Gasteiger partial charge in [-0.15, -0.1) is 11.3 Å². The van der Waals surface area contributed by atoms with Gasteiger partial charge in [0.2, 0.25) is 0 Å². The van der Waals surface area contributed by atoms with E-state index in [1.54, 1.807) is 17.5 Å². The Bertz CT molecular complexity index is 1360. The van der Waals surface area contributed by atoms with Gasteiger partial charge in [-0.3, -0.25) is 9.10 Å². The summed E-state index contributed by atoms with van der Waals surface area (Å²) in [5, 5.41) is 4.62. The van der Waals surface area contributed by atoms with Crippen LogP contribution in [-0.2, 0) is 23.0 Å². The molecule has 0 atom stereocenters. The lowest BCUT2D eigenvalue weighted by Crippen LogP contribution is -2.30. The Labute approximate surface area is 204 Å². The van der Waals surface area contributed by atoms with Gasteiger partial charge >= 0.3 is 0 Å². The van der Waals surface area contributed by atoms with Crippen LogP contribution in [0.2, 0.25) is 0 Å². The van der Waals surface area contributed by atoms with Crippen molar-refractivity contribution in [1.82, 2.24) is 5.32 Å². The number of hydrogen-bond acceptors (Lipinski definition) is 4. The van der Waals surface area contributed by atoms with Crippen LogP contribution in [0.5, 0.6) is 0 Å². The number of carbonyl (C=O) groups excluding carboxylic acids is 1. The Morgan fingerprint density at radius 3 is 2.12 bits per heavy atom. The second-order valence-corrected chi connectivity index (χ2v) is 10.6. The van der Waals surface area contributed by atoms with Crippen molar-refractivity contribution in [2.24, 2.45) is 0 Å². The number of nitrogens with one attached hydrogen (secondary N) is 1. The Hall–Kier alpha value is -3.42. The summed E-state index contributed by atoms with van der Waals surface area (Å²) in [6.45, 7) is 2.36. The monoisotopic (exact) mass is 490 g/mol. The van der Waals surface area contributed by atoms with Gasteiger partial charge in [-0.1, -0.05) is 79.7 Å². The summed E-state index contributed by atoms with van der Waals surface area (Å²) in [7, 11) is -2.50. The van der Waals surface area contributed by atoms with Crippen LogP contribution in [0, 0.1) is 0 Å². The van der Waals surface area contributed by atoms with E-state index in [1.807, 2.05) is 79.7 Å². The van der Waals surface area contributed by atoms with E-state index in [0.29, 0.717) is 17.8 Å². The van der Waals surface area contributed by atoms with Crippen molar-refractivity contribution in [1.29, 1.82) is 0 Å². The second kappa shape index (κ2) is 10.2. The van der Waals surface area contributed by atoms with E-state index >= 15 is 0 Å². The fraction of sp³-hybridized carbons (Fsp3) is 0.148. The molecule has 1 amide bonds. The molecule has 0 fully saturated rings. The van der Waals surface area contributed by atoms with Crippen molar-refractivity contribution in [3.05, 3.63) is 106 Å². The van der Waals surface area contributed by atoms with Crippen LogP contribution in [0.15, 0.2) is 95.2 Å². The highest BCUT2D eigenvalue weighted by Gasteiger charge is 2.32. The molecule has 4 aromatic rings. The number of anilines is 1. The zero-order valence-corrected chi connectivity index (χ0v) is 20.7. The summed E-state index contributed by atoms with van der Waals surface area (Å²) in [6.07, 6.45) is 0.866. The number of thiophene rings is 1. The van der Waals surface area contributed by atoms with Crippen molar-refractivity contribution in [3.8, 4) is 11.1 Å². The number of carbonyl (C=O) groups is 1. The fourth-order valence-electron chi connectivity index (χ4n) is 3.65. The molecule has 0 saturated carbocycles. The molecule has 7 heteroatoms. The minimum Gasteiger partial charge on any atom is -0.347 e. The Balaban J connectivity index is 1.75. The first-order valence-electron chi connectivity index (χ1n) is 11.0. The van der Waals surface area contributed by atoms with E-state index in [9.17, 15) is 13.2 Å². The number of sulfonamides is 1. The number of benzene rings is 3. The van der Waals surface area contributed by atoms with Crippen LogP contribution in [0.25, 0.3) is 11.1 Å². The van der Waals surface area contributed by atoms with E-state index < -0.39 is 15.9 Å². The van der Waals surface area contributed by atoms with Gasteiger partial charge < -0.3 is 5.32 Å². The van der Waals surface area contributed by atoms with Gasteiger partial charge in [0.25, 0.3) is 15.9 Å². The molecule has 0 radical (unpaired) electrons. The summed E-state index contributed by atoms with van der Waals surface area (Å²) in [6, 6.07) is 26.2. The number of aryl methyl sites for hydroxylation is 1. The first-order chi connectivity index (χ1) is 16.4. The predicted molar refractivity (Wildman–Crippen MR) is 139 cm³/mol. The maximum Gasteiger partial charge on any atom is 0.266 e. The molecule has 1 N–H and O–H groups in total. The molecule has 174 valence electrons. The second-order valence-electron chi connectivity index (χ2n) is 7.83. The van der Waals surface area contributed by atoms with Crippen LogP contribution < -0.4 is 9.62 Å². The average molecular weight is 491 g/mol. The molecule has 0 saturated heterocycles. The summed E-state index contributed by atoms with van der Waals surface area (Å²) in [5.74, 6) is -0.413. The topological polar surface area (TPSA) is 66.5 Å². The zero-order chi connectivity index (χ0) is 24.1. The largest absolute Gasteiger partial charge is 0.347 e. The molecule has 0 spiro atoms. The van der Waals surface area contributed by atoms with Crippen LogP contribution in [-0.4, -0.2) is 21.4 Å². The highest BCUT2D eigenvalue weighted by Crippen LogP contribution is 2.38. The molecular formula is C27H26N2O3S2. The van der Waals surface area contributed by atoms with Gasteiger partial charge in [0.05, 0.1) is 5.69 Å². The van der Waals surface area contributed by atoms with Crippen LogP contribution in [0.3, 0.4) is 0 Å². The van der Waals surface area contributed by atoms with Crippen molar-refractivity contribution < 1.29 is 13.2 Å². The van der Waals surface area contributed by atoms with E-state index in [0.717, 1.165) is 34.4 Å². The minimum atomic E-state index is -4.02. The number of rotatable bonds is 8. The predicted octanol–water partition coefficient (Wildman–Crippen LogP) is 5.73. The zero-order valence-electron chi connectivity index (χ0n) is 19.1. The third-order valence-electron chi connectivity index (χ3n) is 5.66. The van der Waals surface area contributed by atoms with E-state index in [2.05, 4.69) is 5.32 Å². The molecule has 0 aliphatic rings. The molecule has 3 aromatic carbocycles. The van der Waals surface area contributed by atoms with Gasteiger partial charge in [0.1, 0.15) is 9.77 Å². The average Bonchev–Trinajstić information content (AvgIpc) is 3.34. The number of amides is 1. The smallest absolute Gasteiger partial charge is 0.266 e. The normalized spacial score (nSPS) is 11.2. The molecule has 0 bridgehead atoms. The highest BCUT2D eigenvalue weighted by atomic mass is 32.2. The van der Waals surface area contributed by atoms with Gasteiger partial charge in [0.15, 0.2) is 0 Å². The first kappa shape index (κ1) is 23.7. The quantitative estimate of drug-likeness (QED) is 0.343. The van der Waals surface area contributed by atoms with Crippen LogP contribution >= 0.6 is 11.3 Å². The lowest BCUT2D eigenvalue weighted by Gasteiger charge is -2.21. The standard InChI is InChI=1S/C27H26N2O3S2/c1-3-20-14-16-23(17-15-20)29(2)34(31,32)26-24(22-12-8-5-9-13-22)19-33-25(26)27(30)28-18-21-10-6-4-7-11-21/h4-17,19H,3,18H2,1-2H3,(H,28,30). The molecule has 0 unspecified atom stereocenters. The van der Waals surface area contributed by atoms with E-state index in [-0.39, 0.29) is 9.77 Å². The lowest BCUT2D eigenvalue weighted by molar-refractivity contribution is 0.0952. The lowest BCUT2D eigenvalue weighted by atomic mass is 10.1. The summed E-state index contributed by atoms with van der Waals surface area (Å²) >= 11 is 1.14. The maximum atomic E-state index is 13.9. The molecule has 0 aliphatic carbocycles. The van der Waals surface area contributed by atoms with E-state index in [4.69, 9.17) is 0 Å². The molecule has 4 rings (SSSR count). The first-order valence-corrected chi connectivity index (χ1v) is 13.3. The fourth-order valence-corrected chi connectivity index (χ4v) is 6.53. The van der Waals surface area contributed by atoms with Crippen LogP contribution in [0.4, 0.5) is 5.69 Å².